The highest BCUT2D eigenvalue weighted by molar-refractivity contribution is 5.97. The Balaban J connectivity index is 1.62. The molecule has 1 aromatic carbocycles. The highest BCUT2D eigenvalue weighted by Gasteiger charge is 2.20. The molecule has 0 unspecified atom stereocenters. The minimum absolute atomic E-state index is 0.158. The Kier molecular flexibility index (Phi) is 5.79. The largest absolute Gasteiger partial charge is 0.467 e. The molecule has 0 atom stereocenters. The standard InChI is InChI=1S/C23H22N4O4/c1-3-20-19-11-17(12-25-22(19)31-26-20)23(29)27(14-18-5-4-10-30-18)13-15-6-8-16(9-7-15)21(28)24-2/h4-12H,3,13-14H2,1-2H3,(H,24,28). The molecule has 0 aliphatic carbocycles. The first-order valence-corrected chi connectivity index (χ1v) is 9.96. The first kappa shape index (κ1) is 20.3. The normalized spacial score (nSPS) is 10.9. The number of carbonyl (C=O) groups excluding carboxylic acids is 2. The average Bonchev–Trinajstić information content (AvgIpc) is 3.47. The summed E-state index contributed by atoms with van der Waals surface area (Å²) in [6.45, 7) is 2.61. The van der Waals surface area contributed by atoms with Crippen LogP contribution < -0.4 is 5.32 Å². The number of fused-ring (bicyclic) bond motifs is 1. The predicted octanol–water partition coefficient (Wildman–Crippen LogP) is 3.58. The van der Waals surface area contributed by atoms with Crippen molar-refractivity contribution in [2.24, 2.45) is 0 Å². The molecule has 3 heterocycles. The summed E-state index contributed by atoms with van der Waals surface area (Å²) in [4.78, 5) is 31.1. The van der Waals surface area contributed by atoms with Crippen molar-refractivity contribution in [1.82, 2.24) is 20.4 Å². The van der Waals surface area contributed by atoms with Crippen molar-refractivity contribution >= 4 is 22.9 Å². The van der Waals surface area contributed by atoms with Crippen LogP contribution in [0.5, 0.6) is 0 Å². The molecule has 4 rings (SSSR count). The first-order valence-electron chi connectivity index (χ1n) is 9.96. The second-order valence-corrected chi connectivity index (χ2v) is 7.08. The van der Waals surface area contributed by atoms with Crippen LogP contribution in [0.1, 0.15) is 44.7 Å². The number of nitrogens with zero attached hydrogens (tertiary/aromatic N) is 3. The molecule has 0 spiro atoms. The number of aromatic nitrogens is 2. The molecule has 0 saturated heterocycles. The zero-order valence-corrected chi connectivity index (χ0v) is 17.3. The Morgan fingerprint density at radius 1 is 1.10 bits per heavy atom. The summed E-state index contributed by atoms with van der Waals surface area (Å²) in [5.41, 5.74) is 3.07. The molecule has 31 heavy (non-hydrogen) atoms. The Morgan fingerprint density at radius 2 is 1.90 bits per heavy atom. The summed E-state index contributed by atoms with van der Waals surface area (Å²) < 4.78 is 10.7. The van der Waals surface area contributed by atoms with Crippen LogP contribution in [0, 0.1) is 0 Å². The van der Waals surface area contributed by atoms with E-state index in [0.29, 0.717) is 42.1 Å². The van der Waals surface area contributed by atoms with Crippen molar-refractivity contribution in [3.05, 3.63) is 83.1 Å². The molecular formula is C23H22N4O4. The molecule has 4 aromatic rings. The maximum absolute atomic E-state index is 13.4. The van der Waals surface area contributed by atoms with Gasteiger partial charge in [0.1, 0.15) is 5.76 Å². The van der Waals surface area contributed by atoms with Gasteiger partial charge in [-0.2, -0.15) is 0 Å². The molecule has 0 bridgehead atoms. The summed E-state index contributed by atoms with van der Waals surface area (Å²) in [5, 5.41) is 7.34. The lowest BCUT2D eigenvalue weighted by atomic mass is 10.1. The van der Waals surface area contributed by atoms with Gasteiger partial charge in [0.2, 0.25) is 0 Å². The van der Waals surface area contributed by atoms with Crippen LogP contribution in [0.2, 0.25) is 0 Å². The van der Waals surface area contributed by atoms with Crippen LogP contribution in [0.25, 0.3) is 11.1 Å². The molecule has 0 fully saturated rings. The van der Waals surface area contributed by atoms with Crippen LogP contribution in [-0.4, -0.2) is 33.9 Å². The van der Waals surface area contributed by atoms with E-state index >= 15 is 0 Å². The van der Waals surface area contributed by atoms with Crippen LogP contribution in [0.3, 0.4) is 0 Å². The molecule has 1 N–H and O–H groups in total. The number of nitrogens with one attached hydrogen (secondary N) is 1. The predicted molar refractivity (Wildman–Crippen MR) is 113 cm³/mol. The lowest BCUT2D eigenvalue weighted by Crippen LogP contribution is -2.30. The van der Waals surface area contributed by atoms with Crippen molar-refractivity contribution < 1.29 is 18.5 Å². The van der Waals surface area contributed by atoms with Crippen molar-refractivity contribution in [2.45, 2.75) is 26.4 Å². The smallest absolute Gasteiger partial charge is 0.257 e. The number of hydrogen-bond acceptors (Lipinski definition) is 6. The highest BCUT2D eigenvalue weighted by atomic mass is 16.5. The Labute approximate surface area is 178 Å². The van der Waals surface area contributed by atoms with Crippen LogP contribution in [-0.2, 0) is 19.5 Å². The Bertz CT molecular complexity index is 1200. The maximum Gasteiger partial charge on any atom is 0.257 e. The van der Waals surface area contributed by atoms with Gasteiger partial charge in [-0.1, -0.05) is 24.2 Å². The number of furan rings is 1. The van der Waals surface area contributed by atoms with E-state index in [4.69, 9.17) is 8.94 Å². The highest BCUT2D eigenvalue weighted by Crippen LogP contribution is 2.21. The topological polar surface area (TPSA) is 101 Å². The lowest BCUT2D eigenvalue weighted by Gasteiger charge is -2.22. The molecular weight excluding hydrogens is 396 g/mol. The fraction of sp³-hybridized carbons (Fsp3) is 0.217. The number of benzene rings is 1. The van der Waals surface area contributed by atoms with Crippen molar-refractivity contribution in [3.8, 4) is 0 Å². The van der Waals surface area contributed by atoms with Crippen LogP contribution in [0.4, 0.5) is 0 Å². The van der Waals surface area contributed by atoms with E-state index in [1.807, 2.05) is 25.1 Å². The quantitative estimate of drug-likeness (QED) is 0.492. The van der Waals surface area contributed by atoms with Crippen molar-refractivity contribution in [2.75, 3.05) is 7.05 Å². The van der Waals surface area contributed by atoms with Gasteiger partial charge >= 0.3 is 0 Å². The monoisotopic (exact) mass is 418 g/mol. The van der Waals surface area contributed by atoms with Gasteiger partial charge in [-0.05, 0) is 42.3 Å². The van der Waals surface area contributed by atoms with Crippen molar-refractivity contribution in [1.29, 1.82) is 0 Å². The second kappa shape index (κ2) is 8.83. The van der Waals surface area contributed by atoms with Crippen LogP contribution in [0.15, 0.2) is 63.9 Å². The molecule has 8 heteroatoms. The van der Waals surface area contributed by atoms with E-state index < -0.39 is 0 Å². The maximum atomic E-state index is 13.4. The molecule has 3 aromatic heterocycles. The Hall–Kier alpha value is -3.94. The third-order valence-electron chi connectivity index (χ3n) is 5.02. The fourth-order valence-electron chi connectivity index (χ4n) is 3.35. The average molecular weight is 418 g/mol. The van der Waals surface area contributed by atoms with E-state index in [9.17, 15) is 9.59 Å². The first-order chi connectivity index (χ1) is 15.1. The number of hydrogen-bond donors (Lipinski definition) is 1. The molecule has 0 saturated carbocycles. The second-order valence-electron chi connectivity index (χ2n) is 7.08. The zero-order chi connectivity index (χ0) is 21.8. The minimum atomic E-state index is -0.190. The van der Waals surface area contributed by atoms with E-state index in [1.165, 1.54) is 6.20 Å². The van der Waals surface area contributed by atoms with Gasteiger partial charge in [-0.15, -0.1) is 0 Å². The number of pyridine rings is 1. The van der Waals surface area contributed by atoms with E-state index in [1.54, 1.807) is 42.5 Å². The fourth-order valence-corrected chi connectivity index (χ4v) is 3.35. The molecule has 0 aliphatic rings. The molecule has 2 amide bonds. The SMILES string of the molecule is CCc1noc2ncc(C(=O)N(Cc3ccc(C(=O)NC)cc3)Cc3ccco3)cc12. The third-order valence-corrected chi connectivity index (χ3v) is 5.02. The third kappa shape index (κ3) is 4.32. The van der Waals surface area contributed by atoms with Gasteiger partial charge in [-0.3, -0.25) is 9.59 Å². The van der Waals surface area contributed by atoms with E-state index in [0.717, 1.165) is 16.6 Å². The minimum Gasteiger partial charge on any atom is -0.467 e. The molecule has 0 aliphatic heterocycles. The summed E-state index contributed by atoms with van der Waals surface area (Å²) in [6, 6.07) is 12.5. The summed E-state index contributed by atoms with van der Waals surface area (Å²) in [6.07, 6.45) is 3.76. The molecule has 158 valence electrons. The lowest BCUT2D eigenvalue weighted by molar-refractivity contribution is 0.0717. The van der Waals surface area contributed by atoms with Gasteiger partial charge in [0, 0.05) is 25.4 Å². The van der Waals surface area contributed by atoms with Gasteiger partial charge < -0.3 is 19.2 Å². The Morgan fingerprint density at radius 3 is 2.58 bits per heavy atom. The van der Waals surface area contributed by atoms with Gasteiger partial charge in [0.25, 0.3) is 17.5 Å². The van der Waals surface area contributed by atoms with Gasteiger partial charge in [0.05, 0.1) is 29.5 Å². The van der Waals surface area contributed by atoms with E-state index in [-0.39, 0.29) is 11.8 Å². The zero-order valence-electron chi connectivity index (χ0n) is 17.3. The van der Waals surface area contributed by atoms with E-state index in [2.05, 4.69) is 15.5 Å². The molecule has 8 nitrogen and oxygen atoms in total. The molecule has 0 radical (unpaired) electrons. The number of rotatable bonds is 7. The van der Waals surface area contributed by atoms with Gasteiger partial charge in [-0.25, -0.2) is 4.98 Å². The number of carbonyl (C=O) groups is 2. The summed E-state index contributed by atoms with van der Waals surface area (Å²) in [7, 11) is 1.59. The summed E-state index contributed by atoms with van der Waals surface area (Å²) in [5.74, 6) is 0.322. The summed E-state index contributed by atoms with van der Waals surface area (Å²) >= 11 is 0. The van der Waals surface area contributed by atoms with Crippen molar-refractivity contribution in [3.63, 3.8) is 0 Å². The number of aryl methyl sites for hydroxylation is 1. The number of amides is 2. The van der Waals surface area contributed by atoms with Gasteiger partial charge in [0.15, 0.2) is 0 Å². The van der Waals surface area contributed by atoms with Crippen LogP contribution >= 0.6 is 0 Å².